The quantitative estimate of drug-likeness (QED) is 0.392. The molecule has 0 saturated heterocycles. The molecular weight excluding hydrogens is 364 g/mol. The van der Waals surface area contributed by atoms with Gasteiger partial charge in [0.05, 0.1) is 5.39 Å². The fraction of sp³-hybridized carbons (Fsp3) is 0. The van der Waals surface area contributed by atoms with E-state index in [9.17, 15) is 13.2 Å². The van der Waals surface area contributed by atoms with E-state index in [0.29, 0.717) is 10.9 Å². The van der Waals surface area contributed by atoms with Crippen molar-refractivity contribution < 1.29 is 17.0 Å². The van der Waals surface area contributed by atoms with Crippen LogP contribution in [0.3, 0.4) is 0 Å². The first-order valence-electron chi connectivity index (χ1n) is 8.17. The summed E-state index contributed by atoms with van der Waals surface area (Å²) in [6, 6.07) is 23.1. The highest BCUT2D eigenvalue weighted by atomic mass is 32.2. The second-order valence-corrected chi connectivity index (χ2v) is 7.35. The first-order valence-corrected chi connectivity index (χ1v) is 9.58. The minimum atomic E-state index is -4.13. The Labute approximate surface area is 155 Å². The zero-order valence-electron chi connectivity index (χ0n) is 14.0. The van der Waals surface area contributed by atoms with Crippen molar-refractivity contribution in [1.82, 2.24) is 0 Å². The summed E-state index contributed by atoms with van der Waals surface area (Å²) in [6.07, 6.45) is 0. The van der Waals surface area contributed by atoms with Crippen molar-refractivity contribution in [3.05, 3.63) is 95.3 Å². The van der Waals surface area contributed by atoms with Crippen LogP contribution in [0.25, 0.3) is 22.1 Å². The molecule has 1 heterocycles. The van der Waals surface area contributed by atoms with Crippen molar-refractivity contribution in [2.24, 2.45) is 0 Å². The average Bonchev–Trinajstić information content (AvgIpc) is 2.69. The molecule has 4 rings (SSSR count). The summed E-state index contributed by atoms with van der Waals surface area (Å²) >= 11 is 0. The molecule has 0 aliphatic heterocycles. The van der Waals surface area contributed by atoms with E-state index < -0.39 is 15.7 Å². The molecule has 0 saturated carbocycles. The van der Waals surface area contributed by atoms with Crippen LogP contribution in [0.1, 0.15) is 0 Å². The Morgan fingerprint density at radius 2 is 1.33 bits per heavy atom. The van der Waals surface area contributed by atoms with Crippen molar-refractivity contribution in [1.29, 1.82) is 0 Å². The fourth-order valence-electron chi connectivity index (χ4n) is 2.81. The summed E-state index contributed by atoms with van der Waals surface area (Å²) in [5.41, 5.74) is 0.155. The van der Waals surface area contributed by atoms with E-state index in [-0.39, 0.29) is 21.8 Å². The van der Waals surface area contributed by atoms with Gasteiger partial charge in [0.15, 0.2) is 5.75 Å². The molecule has 134 valence electrons. The van der Waals surface area contributed by atoms with Crippen molar-refractivity contribution in [2.45, 2.75) is 4.90 Å². The second kappa shape index (κ2) is 6.74. The largest absolute Gasteiger partial charge is 0.422 e. The lowest BCUT2D eigenvalue weighted by molar-refractivity contribution is 0.483. The molecule has 6 heteroatoms. The smallest absolute Gasteiger partial charge is 0.348 e. The molecule has 0 unspecified atom stereocenters. The normalized spacial score (nSPS) is 11.4. The van der Waals surface area contributed by atoms with E-state index in [0.717, 1.165) is 0 Å². The zero-order valence-corrected chi connectivity index (χ0v) is 14.8. The number of benzene rings is 3. The number of hydrogen-bond acceptors (Lipinski definition) is 5. The van der Waals surface area contributed by atoms with Crippen molar-refractivity contribution in [3.8, 4) is 16.9 Å². The number of hydrogen-bond donors (Lipinski definition) is 0. The molecule has 0 fully saturated rings. The van der Waals surface area contributed by atoms with E-state index in [1.165, 1.54) is 12.1 Å². The molecule has 0 aliphatic rings. The van der Waals surface area contributed by atoms with Gasteiger partial charge in [0.25, 0.3) is 0 Å². The van der Waals surface area contributed by atoms with E-state index in [1.54, 1.807) is 72.8 Å². The van der Waals surface area contributed by atoms with Gasteiger partial charge >= 0.3 is 15.7 Å². The van der Waals surface area contributed by atoms with Gasteiger partial charge in [0, 0.05) is 0 Å². The summed E-state index contributed by atoms with van der Waals surface area (Å²) in [7, 11) is -4.13. The summed E-state index contributed by atoms with van der Waals surface area (Å²) < 4.78 is 36.4. The molecule has 0 atom stereocenters. The van der Waals surface area contributed by atoms with E-state index in [2.05, 4.69) is 0 Å². The standard InChI is InChI=1S/C21H14O5S/c22-21-19(15-9-3-1-4-10-15)20(17-13-7-8-14-18(17)25-21)26-27(23,24)16-11-5-2-6-12-16/h1-14H. The van der Waals surface area contributed by atoms with Crippen LogP contribution in [-0.2, 0) is 10.1 Å². The third-order valence-electron chi connectivity index (χ3n) is 4.05. The third kappa shape index (κ3) is 3.22. The molecule has 1 aromatic heterocycles. The van der Waals surface area contributed by atoms with Crippen LogP contribution < -0.4 is 9.81 Å². The topological polar surface area (TPSA) is 73.6 Å². The van der Waals surface area contributed by atoms with Gasteiger partial charge in [-0.15, -0.1) is 0 Å². The number of para-hydroxylation sites is 1. The maximum absolute atomic E-state index is 12.8. The SMILES string of the molecule is O=c1oc2ccccc2c(OS(=O)(=O)c2ccccc2)c1-c1ccccc1. The highest BCUT2D eigenvalue weighted by Gasteiger charge is 2.24. The summed E-state index contributed by atoms with van der Waals surface area (Å²) in [6.45, 7) is 0. The highest BCUT2D eigenvalue weighted by Crippen LogP contribution is 2.35. The highest BCUT2D eigenvalue weighted by molar-refractivity contribution is 7.87. The second-order valence-electron chi connectivity index (χ2n) is 5.81. The van der Waals surface area contributed by atoms with Crippen LogP contribution in [-0.4, -0.2) is 8.42 Å². The Bertz CT molecular complexity index is 1260. The molecule has 0 N–H and O–H groups in total. The Balaban J connectivity index is 2.00. The van der Waals surface area contributed by atoms with Crippen molar-refractivity contribution in [2.75, 3.05) is 0 Å². The minimum absolute atomic E-state index is 0.00123. The summed E-state index contributed by atoms with van der Waals surface area (Å²) in [5.74, 6) is -0.0445. The van der Waals surface area contributed by atoms with Gasteiger partial charge in [-0.25, -0.2) is 4.79 Å². The average molecular weight is 378 g/mol. The van der Waals surface area contributed by atoms with Gasteiger partial charge in [-0.2, -0.15) is 8.42 Å². The van der Waals surface area contributed by atoms with Crippen LogP contribution in [0.4, 0.5) is 0 Å². The van der Waals surface area contributed by atoms with Gasteiger partial charge in [-0.1, -0.05) is 60.7 Å². The predicted octanol–water partition coefficient (Wildman–Crippen LogP) is 4.23. The maximum Gasteiger partial charge on any atom is 0.348 e. The minimum Gasteiger partial charge on any atom is -0.422 e. The summed E-state index contributed by atoms with van der Waals surface area (Å²) in [4.78, 5) is 12.6. The number of rotatable bonds is 4. The van der Waals surface area contributed by atoms with Crippen LogP contribution in [0.5, 0.6) is 5.75 Å². The molecular formula is C21H14O5S. The lowest BCUT2D eigenvalue weighted by atomic mass is 10.0. The van der Waals surface area contributed by atoms with Crippen LogP contribution >= 0.6 is 0 Å². The first-order chi connectivity index (χ1) is 13.1. The first kappa shape index (κ1) is 17.1. The van der Waals surface area contributed by atoms with Crippen LogP contribution in [0.2, 0.25) is 0 Å². The van der Waals surface area contributed by atoms with E-state index >= 15 is 0 Å². The Morgan fingerprint density at radius 1 is 0.741 bits per heavy atom. The van der Waals surface area contributed by atoms with Gasteiger partial charge < -0.3 is 8.60 Å². The van der Waals surface area contributed by atoms with Gasteiger partial charge in [-0.05, 0) is 29.8 Å². The fourth-order valence-corrected chi connectivity index (χ4v) is 3.79. The molecule has 0 amide bonds. The number of fused-ring (bicyclic) bond motifs is 1. The summed E-state index contributed by atoms with van der Waals surface area (Å²) in [5, 5.41) is 0.399. The van der Waals surface area contributed by atoms with Gasteiger partial charge in [0.2, 0.25) is 0 Å². The maximum atomic E-state index is 12.8. The zero-order chi connectivity index (χ0) is 18.9. The lowest BCUT2D eigenvalue weighted by Crippen LogP contribution is -2.14. The Hall–Kier alpha value is -3.38. The predicted molar refractivity (Wildman–Crippen MR) is 102 cm³/mol. The lowest BCUT2D eigenvalue weighted by Gasteiger charge is -2.13. The molecule has 4 aromatic rings. The molecule has 27 heavy (non-hydrogen) atoms. The van der Waals surface area contributed by atoms with Gasteiger partial charge in [-0.3, -0.25) is 0 Å². The molecule has 0 spiro atoms. The third-order valence-corrected chi connectivity index (χ3v) is 5.29. The van der Waals surface area contributed by atoms with Gasteiger partial charge in [0.1, 0.15) is 16.0 Å². The molecule has 0 radical (unpaired) electrons. The molecule has 5 nitrogen and oxygen atoms in total. The molecule has 0 aliphatic carbocycles. The Morgan fingerprint density at radius 3 is 2.04 bits per heavy atom. The van der Waals surface area contributed by atoms with Crippen molar-refractivity contribution in [3.63, 3.8) is 0 Å². The van der Waals surface area contributed by atoms with Crippen molar-refractivity contribution >= 4 is 21.1 Å². The van der Waals surface area contributed by atoms with Crippen LogP contribution in [0, 0.1) is 0 Å². The molecule has 3 aromatic carbocycles. The molecule has 0 bridgehead atoms. The van der Waals surface area contributed by atoms with E-state index in [4.69, 9.17) is 8.60 Å². The monoisotopic (exact) mass is 378 g/mol. The van der Waals surface area contributed by atoms with E-state index in [1.807, 2.05) is 0 Å². The van der Waals surface area contributed by atoms with Crippen LogP contribution in [0.15, 0.2) is 99.0 Å². The Kier molecular flexibility index (Phi) is 4.25.